The van der Waals surface area contributed by atoms with E-state index in [2.05, 4.69) is 19.0 Å². The molecule has 0 aromatic heterocycles. The van der Waals surface area contributed by atoms with E-state index in [9.17, 15) is 85.7 Å². The van der Waals surface area contributed by atoms with Gasteiger partial charge in [0.05, 0.1) is 24.4 Å². The molecule has 33 nitrogen and oxygen atoms in total. The molecule has 4 amide bonds. The van der Waals surface area contributed by atoms with Gasteiger partial charge in [0, 0.05) is 20.8 Å². The van der Waals surface area contributed by atoms with Crippen molar-refractivity contribution in [1.82, 2.24) is 21.5 Å². The lowest BCUT2D eigenvalue weighted by atomic mass is 9.93. The van der Waals surface area contributed by atoms with Crippen LogP contribution in [-0.2, 0) is 95.8 Å². The Hall–Kier alpha value is -3.51. The van der Waals surface area contributed by atoms with E-state index in [0.717, 1.165) is 20.8 Å². The number of carboxylic acids is 1. The minimum atomic E-state index is -5.34. The molecule has 4 fully saturated rings. The number of ether oxygens (including phenoxy) is 9. The highest BCUT2D eigenvalue weighted by molar-refractivity contribution is 7.81. The molecule has 20 atom stereocenters. The fourth-order valence-corrected chi connectivity index (χ4v) is 8.38. The van der Waals surface area contributed by atoms with E-state index in [4.69, 9.17) is 42.6 Å². The van der Waals surface area contributed by atoms with Gasteiger partial charge in [-0.15, -0.1) is 0 Å². The normalized spacial score (nSPS) is 37.7. The second-order valence-electron chi connectivity index (χ2n) is 19.0. The Balaban J connectivity index is 1.74. The lowest BCUT2D eigenvalue weighted by molar-refractivity contribution is -0.371. The van der Waals surface area contributed by atoms with E-state index in [0.29, 0.717) is 0 Å². The van der Waals surface area contributed by atoms with Crippen molar-refractivity contribution in [2.45, 2.75) is 196 Å². The van der Waals surface area contributed by atoms with Crippen LogP contribution in [0.2, 0.25) is 0 Å². The smallest absolute Gasteiger partial charge is 0.397 e. The van der Waals surface area contributed by atoms with Crippen LogP contribution in [-0.4, -0.2) is 238 Å². The molecular weight excluding hydrogens is 1040 g/mol. The van der Waals surface area contributed by atoms with Crippen molar-refractivity contribution < 1.29 is 137 Å². The van der Waals surface area contributed by atoms with E-state index >= 15 is 0 Å². The van der Waals surface area contributed by atoms with Gasteiger partial charge in [-0.1, -0.05) is 0 Å². The first-order valence-electron chi connectivity index (χ1n) is 22.0. The first kappa shape index (κ1) is 62.0. The monoisotopic (exact) mass is 1100 g/mol. The quantitative estimate of drug-likeness (QED) is 0.0448. The molecule has 0 radical (unpaired) electrons. The predicted octanol–water partition coefficient (Wildman–Crippen LogP) is -6.89. The van der Waals surface area contributed by atoms with Crippen LogP contribution >= 0.6 is 0 Å². The van der Waals surface area contributed by atoms with Gasteiger partial charge >= 0.3 is 26.8 Å². The summed E-state index contributed by atoms with van der Waals surface area (Å²) in [6.07, 6.45) is -38.7. The summed E-state index contributed by atoms with van der Waals surface area (Å²) in [5, 5.41) is 84.0. The maximum atomic E-state index is 13.3. The molecule has 73 heavy (non-hydrogen) atoms. The van der Waals surface area contributed by atoms with Gasteiger partial charge in [-0.2, -0.15) is 16.8 Å². The van der Waals surface area contributed by atoms with Crippen molar-refractivity contribution in [3.63, 3.8) is 0 Å². The third kappa shape index (κ3) is 17.5. The van der Waals surface area contributed by atoms with E-state index in [1.807, 2.05) is 10.9 Å². The number of aliphatic hydroxyl groups is 6. The number of hydrogen-bond donors (Lipinski definition) is 13. The Bertz CT molecular complexity index is 2160. The first-order chi connectivity index (χ1) is 33.4. The summed E-state index contributed by atoms with van der Waals surface area (Å²) in [7, 11) is -10.5. The standard InChI is InChI=1S/C38H64N4O29S2/c1-12(43)39-17-25(65-35-24(51)22(49)28(70-37(4,5)6)29(68-35)31(52)42-41-14(3)45)19(46)15(10-61-72(55,56)57)63-33(17)67-27-21(48)23(50)36(69-30(27)32(53)54)66-26-18(40-13(2)44)34(71-38(7,8)9)64-16(20(26)47)11-62-73(58,59)60/h15-30,33-36,46-51H,10-11H2,1-9H3,(H,39,43)(H,40,44)(H,41,45)(H,42,52)(H,53,54)(H,55,56,57)(H,58,59,60)/t15?,16?,17?,18?,19-,20-,21+,22+,23?,24?,25+,26+,27+,28+,29?,30?,33-,34-,35+,36+/m0/s1. The van der Waals surface area contributed by atoms with Gasteiger partial charge in [0.25, 0.3) is 5.91 Å². The minimum absolute atomic E-state index is 0.763. The SMILES string of the molecule is CC(=O)NNC(=O)C1O[C@@H](O[C@@H]2C(NC(C)=O)[C@H](O[C@H]3C(C(=O)O)O[C@@H](O[C@@H]4C(NC(C)=O)[C@H](OC(C)(C)C)OC(COS(=O)(=O)O)[C@@H]4O)C(O)[C@H]3O)OC(COS(=O)(=O)O)[C@@H]2O)C(O)[C@@H](O)[C@H]1OC(C)(C)C. The number of carbonyl (C=O) groups excluding carboxylic acids is 4. The van der Waals surface area contributed by atoms with Crippen molar-refractivity contribution in [3.05, 3.63) is 0 Å². The van der Waals surface area contributed by atoms with Crippen LogP contribution in [0.25, 0.3) is 0 Å². The topological polar surface area (TPSA) is 485 Å². The Morgan fingerprint density at radius 2 is 0.890 bits per heavy atom. The third-order valence-corrected chi connectivity index (χ3v) is 11.5. The Kier molecular flexibility index (Phi) is 20.9. The lowest BCUT2D eigenvalue weighted by Gasteiger charge is -2.50. The second kappa shape index (κ2) is 24.7. The van der Waals surface area contributed by atoms with Gasteiger partial charge < -0.3 is 89.0 Å². The van der Waals surface area contributed by atoms with Gasteiger partial charge in [0.1, 0.15) is 85.3 Å². The molecule has 4 rings (SSSR count). The number of aliphatic carboxylic acids is 1. The molecule has 0 saturated carbocycles. The zero-order valence-electron chi connectivity index (χ0n) is 40.5. The molecule has 4 saturated heterocycles. The molecule has 35 heteroatoms. The van der Waals surface area contributed by atoms with E-state index in [1.165, 1.54) is 41.5 Å². The highest BCUT2D eigenvalue weighted by atomic mass is 32.3. The molecule has 4 heterocycles. The van der Waals surface area contributed by atoms with Crippen molar-refractivity contribution >= 4 is 50.4 Å². The molecule has 0 aromatic rings. The molecular formula is C38H64N4O29S2. The summed E-state index contributed by atoms with van der Waals surface area (Å²) in [6.45, 7) is 9.66. The number of amides is 4. The fourth-order valence-electron chi connectivity index (χ4n) is 7.77. The van der Waals surface area contributed by atoms with Crippen LogP contribution in [0.1, 0.15) is 62.3 Å². The highest BCUT2D eigenvalue weighted by Gasteiger charge is 2.58. The van der Waals surface area contributed by atoms with Crippen molar-refractivity contribution in [2.24, 2.45) is 0 Å². The molecule has 0 aliphatic carbocycles. The first-order valence-corrected chi connectivity index (χ1v) is 24.7. The number of hydrazine groups is 1. The average Bonchev–Trinajstić information content (AvgIpc) is 3.23. The Morgan fingerprint density at radius 3 is 1.29 bits per heavy atom. The summed E-state index contributed by atoms with van der Waals surface area (Å²) in [5.74, 6) is -5.72. The van der Waals surface area contributed by atoms with Gasteiger partial charge in [-0.3, -0.25) is 39.1 Å². The van der Waals surface area contributed by atoms with E-state index in [1.54, 1.807) is 0 Å². The van der Waals surface area contributed by atoms with Gasteiger partial charge in [-0.25, -0.2) is 13.2 Å². The number of rotatable bonds is 18. The second-order valence-corrected chi connectivity index (χ2v) is 21.2. The Morgan fingerprint density at radius 1 is 0.493 bits per heavy atom. The molecule has 4 aliphatic heterocycles. The van der Waals surface area contributed by atoms with Crippen molar-refractivity contribution in [2.75, 3.05) is 13.2 Å². The van der Waals surface area contributed by atoms with E-state index in [-0.39, 0.29) is 0 Å². The molecule has 4 aliphatic rings. The number of carboxylic acid groups (broad SMARTS) is 1. The maximum absolute atomic E-state index is 13.3. The average molecular weight is 1110 g/mol. The molecule has 8 unspecified atom stereocenters. The Labute approximate surface area is 417 Å². The van der Waals surface area contributed by atoms with Crippen molar-refractivity contribution in [1.29, 1.82) is 0 Å². The minimum Gasteiger partial charge on any atom is -0.479 e. The highest BCUT2D eigenvalue weighted by Crippen LogP contribution is 2.36. The number of aliphatic hydroxyl groups excluding tert-OH is 6. The molecule has 13 N–H and O–H groups in total. The number of carbonyl (C=O) groups is 5. The maximum Gasteiger partial charge on any atom is 0.397 e. The number of hydrogen-bond acceptors (Lipinski definition) is 26. The zero-order valence-corrected chi connectivity index (χ0v) is 42.1. The molecule has 422 valence electrons. The molecule has 0 spiro atoms. The zero-order chi connectivity index (χ0) is 55.5. The van der Waals surface area contributed by atoms with Crippen LogP contribution in [0.15, 0.2) is 0 Å². The van der Waals surface area contributed by atoms with Crippen LogP contribution in [0.3, 0.4) is 0 Å². The number of nitrogens with one attached hydrogen (secondary N) is 4. The summed E-state index contributed by atoms with van der Waals surface area (Å²) >= 11 is 0. The predicted molar refractivity (Wildman–Crippen MR) is 231 cm³/mol. The summed E-state index contributed by atoms with van der Waals surface area (Å²) in [5.41, 5.74) is 1.77. The van der Waals surface area contributed by atoms with Crippen LogP contribution < -0.4 is 21.5 Å². The van der Waals surface area contributed by atoms with Crippen LogP contribution in [0, 0.1) is 0 Å². The molecule has 0 bridgehead atoms. The van der Waals surface area contributed by atoms with Crippen LogP contribution in [0.5, 0.6) is 0 Å². The third-order valence-electron chi connectivity index (χ3n) is 10.6. The summed E-state index contributed by atoms with van der Waals surface area (Å²) in [6, 6.07) is -3.62. The van der Waals surface area contributed by atoms with Crippen molar-refractivity contribution in [3.8, 4) is 0 Å². The molecule has 0 aromatic carbocycles. The lowest BCUT2D eigenvalue weighted by Crippen LogP contribution is -2.71. The largest absolute Gasteiger partial charge is 0.479 e. The van der Waals surface area contributed by atoms with Gasteiger partial charge in [0.2, 0.25) is 17.7 Å². The van der Waals surface area contributed by atoms with Crippen LogP contribution in [0.4, 0.5) is 0 Å². The summed E-state index contributed by atoms with van der Waals surface area (Å²) in [4.78, 5) is 63.2. The fraction of sp³-hybridized carbons (Fsp3) is 0.868. The summed E-state index contributed by atoms with van der Waals surface area (Å²) < 4.78 is 126. The van der Waals surface area contributed by atoms with E-state index < -0.39 is 198 Å². The van der Waals surface area contributed by atoms with Gasteiger partial charge in [-0.05, 0) is 41.5 Å². The van der Waals surface area contributed by atoms with Gasteiger partial charge in [0.15, 0.2) is 37.4 Å².